The van der Waals surface area contributed by atoms with Crippen LogP contribution in [0.2, 0.25) is 0 Å². The molecule has 7 nitrogen and oxygen atoms in total. The van der Waals surface area contributed by atoms with Crippen LogP contribution in [-0.2, 0) is 4.79 Å². The van der Waals surface area contributed by atoms with Crippen molar-refractivity contribution in [2.24, 2.45) is 0 Å². The number of carboxylic acid groups (broad SMARTS) is 1. The number of hydrogen-bond donors (Lipinski definition) is 2. The maximum absolute atomic E-state index is 12.3. The van der Waals surface area contributed by atoms with E-state index in [2.05, 4.69) is 15.6 Å². The average Bonchev–Trinajstić information content (AvgIpc) is 2.93. The van der Waals surface area contributed by atoms with Crippen molar-refractivity contribution in [3.8, 4) is 5.69 Å². The van der Waals surface area contributed by atoms with Gasteiger partial charge in [0.1, 0.15) is 6.04 Å². The Balaban J connectivity index is 2.17. The summed E-state index contributed by atoms with van der Waals surface area (Å²) in [6, 6.07) is 8.40. The van der Waals surface area contributed by atoms with Gasteiger partial charge >= 0.3 is 5.97 Å². The van der Waals surface area contributed by atoms with Gasteiger partial charge in [-0.1, -0.05) is 43.2 Å². The van der Waals surface area contributed by atoms with Crippen LogP contribution in [0.5, 0.6) is 0 Å². The summed E-state index contributed by atoms with van der Waals surface area (Å²) < 4.78 is 1.55. The maximum atomic E-state index is 12.3. The van der Waals surface area contributed by atoms with Crippen molar-refractivity contribution in [3.05, 3.63) is 41.7 Å². The first kappa shape index (κ1) is 16.7. The summed E-state index contributed by atoms with van der Waals surface area (Å²) in [7, 11) is 0. The molecular weight excluding hydrogens is 296 g/mol. The number of para-hydroxylation sites is 1. The van der Waals surface area contributed by atoms with E-state index in [9.17, 15) is 14.7 Å². The minimum absolute atomic E-state index is 0.136. The third kappa shape index (κ3) is 3.94. The molecule has 0 aliphatic rings. The van der Waals surface area contributed by atoms with Crippen molar-refractivity contribution >= 4 is 11.9 Å². The molecule has 7 heteroatoms. The fraction of sp³-hybridized carbons (Fsp3) is 0.375. The predicted octanol–water partition coefficient (Wildman–Crippen LogP) is 1.95. The molecule has 1 atom stereocenters. The SMILES string of the molecule is CCCC[C@H](NC(=O)c1nnn(-c2ccccc2)c1C)C(=O)O. The van der Waals surface area contributed by atoms with Gasteiger partial charge in [-0.3, -0.25) is 4.79 Å². The van der Waals surface area contributed by atoms with Gasteiger partial charge in [-0.2, -0.15) is 0 Å². The molecule has 0 aliphatic carbocycles. The number of carbonyl (C=O) groups is 2. The Morgan fingerprint density at radius 3 is 2.61 bits per heavy atom. The Labute approximate surface area is 134 Å². The van der Waals surface area contributed by atoms with Gasteiger partial charge in [0.2, 0.25) is 0 Å². The van der Waals surface area contributed by atoms with Crippen LogP contribution >= 0.6 is 0 Å². The fourth-order valence-electron chi connectivity index (χ4n) is 2.25. The number of nitrogens with one attached hydrogen (secondary N) is 1. The van der Waals surface area contributed by atoms with Gasteiger partial charge in [0, 0.05) is 0 Å². The van der Waals surface area contributed by atoms with E-state index in [1.807, 2.05) is 37.3 Å². The lowest BCUT2D eigenvalue weighted by molar-refractivity contribution is -0.139. The van der Waals surface area contributed by atoms with E-state index in [-0.39, 0.29) is 5.69 Å². The Bertz CT molecular complexity index is 682. The largest absolute Gasteiger partial charge is 0.480 e. The third-order valence-corrected chi connectivity index (χ3v) is 3.56. The van der Waals surface area contributed by atoms with Crippen molar-refractivity contribution < 1.29 is 14.7 Å². The zero-order chi connectivity index (χ0) is 16.8. The number of benzene rings is 1. The van der Waals surface area contributed by atoms with Gasteiger partial charge in [-0.05, 0) is 25.5 Å². The lowest BCUT2D eigenvalue weighted by Crippen LogP contribution is -2.41. The maximum Gasteiger partial charge on any atom is 0.326 e. The summed E-state index contributed by atoms with van der Waals surface area (Å²) in [5.74, 6) is -1.56. The fourth-order valence-corrected chi connectivity index (χ4v) is 2.25. The highest BCUT2D eigenvalue weighted by Gasteiger charge is 2.23. The molecule has 2 N–H and O–H groups in total. The van der Waals surface area contributed by atoms with Crippen molar-refractivity contribution in [2.75, 3.05) is 0 Å². The Kier molecular flexibility index (Phi) is 5.46. The van der Waals surface area contributed by atoms with Gasteiger partial charge in [0.25, 0.3) is 5.91 Å². The summed E-state index contributed by atoms with van der Waals surface area (Å²) in [6.07, 6.45) is 1.99. The minimum atomic E-state index is -1.04. The summed E-state index contributed by atoms with van der Waals surface area (Å²) in [6.45, 7) is 3.69. The van der Waals surface area contributed by atoms with E-state index in [0.29, 0.717) is 12.1 Å². The van der Waals surface area contributed by atoms with Crippen LogP contribution < -0.4 is 5.32 Å². The van der Waals surface area contributed by atoms with E-state index in [0.717, 1.165) is 18.5 Å². The van der Waals surface area contributed by atoms with Crippen LogP contribution in [0.15, 0.2) is 30.3 Å². The minimum Gasteiger partial charge on any atom is -0.480 e. The quantitative estimate of drug-likeness (QED) is 0.813. The van der Waals surface area contributed by atoms with Crippen molar-refractivity contribution in [1.29, 1.82) is 0 Å². The summed E-state index contributed by atoms with van der Waals surface area (Å²) in [4.78, 5) is 23.5. The van der Waals surface area contributed by atoms with Crippen LogP contribution in [0, 0.1) is 6.92 Å². The average molecular weight is 316 g/mol. The summed E-state index contributed by atoms with van der Waals surface area (Å²) in [5.41, 5.74) is 1.49. The smallest absolute Gasteiger partial charge is 0.326 e. The van der Waals surface area contributed by atoms with Gasteiger partial charge in [0.05, 0.1) is 11.4 Å². The van der Waals surface area contributed by atoms with Gasteiger partial charge in [-0.25, -0.2) is 9.48 Å². The van der Waals surface area contributed by atoms with Crippen LogP contribution in [0.3, 0.4) is 0 Å². The summed E-state index contributed by atoms with van der Waals surface area (Å²) >= 11 is 0. The van der Waals surface area contributed by atoms with E-state index < -0.39 is 17.9 Å². The van der Waals surface area contributed by atoms with E-state index >= 15 is 0 Å². The number of aromatic nitrogens is 3. The molecule has 0 saturated heterocycles. The van der Waals surface area contributed by atoms with Crippen LogP contribution in [0.1, 0.15) is 42.4 Å². The first-order valence-corrected chi connectivity index (χ1v) is 7.56. The standard InChI is InChI=1S/C16H20N4O3/c1-3-4-10-13(16(22)23)17-15(21)14-11(2)20(19-18-14)12-8-6-5-7-9-12/h5-9,13H,3-4,10H2,1-2H3,(H,17,21)(H,22,23)/t13-/m0/s1. The Hall–Kier alpha value is -2.70. The van der Waals surface area contributed by atoms with E-state index in [4.69, 9.17) is 0 Å². The van der Waals surface area contributed by atoms with Crippen molar-refractivity contribution in [2.45, 2.75) is 39.2 Å². The summed E-state index contributed by atoms with van der Waals surface area (Å²) in [5, 5.41) is 19.6. The number of nitrogens with zero attached hydrogens (tertiary/aromatic N) is 3. The first-order chi connectivity index (χ1) is 11.0. The normalized spacial score (nSPS) is 11.9. The predicted molar refractivity (Wildman–Crippen MR) is 84.5 cm³/mol. The number of rotatable bonds is 7. The second kappa shape index (κ2) is 7.53. The molecule has 0 aliphatic heterocycles. The van der Waals surface area contributed by atoms with E-state index in [1.54, 1.807) is 11.6 Å². The molecule has 1 amide bonds. The molecule has 0 radical (unpaired) electrons. The van der Waals surface area contributed by atoms with Crippen molar-refractivity contribution in [3.63, 3.8) is 0 Å². The van der Waals surface area contributed by atoms with Crippen LogP contribution in [0.25, 0.3) is 5.69 Å². The monoisotopic (exact) mass is 316 g/mol. The highest BCUT2D eigenvalue weighted by Crippen LogP contribution is 2.12. The highest BCUT2D eigenvalue weighted by molar-refractivity contribution is 5.95. The molecule has 0 unspecified atom stereocenters. The second-order valence-corrected chi connectivity index (χ2v) is 5.28. The lowest BCUT2D eigenvalue weighted by atomic mass is 10.1. The molecule has 0 bridgehead atoms. The second-order valence-electron chi connectivity index (χ2n) is 5.28. The number of amides is 1. The molecule has 0 saturated carbocycles. The van der Waals surface area contributed by atoms with Gasteiger partial charge < -0.3 is 10.4 Å². The van der Waals surface area contributed by atoms with Crippen LogP contribution in [-0.4, -0.2) is 38.0 Å². The molecule has 122 valence electrons. The van der Waals surface area contributed by atoms with Gasteiger partial charge in [-0.15, -0.1) is 5.10 Å². The Morgan fingerprint density at radius 1 is 1.30 bits per heavy atom. The molecule has 1 aromatic heterocycles. The molecule has 23 heavy (non-hydrogen) atoms. The first-order valence-electron chi connectivity index (χ1n) is 7.56. The lowest BCUT2D eigenvalue weighted by Gasteiger charge is -2.13. The Morgan fingerprint density at radius 2 is 2.00 bits per heavy atom. The molecule has 2 aromatic rings. The molecule has 0 spiro atoms. The highest BCUT2D eigenvalue weighted by atomic mass is 16.4. The number of aliphatic carboxylic acids is 1. The molecule has 1 heterocycles. The van der Waals surface area contributed by atoms with E-state index in [1.165, 1.54) is 0 Å². The topological polar surface area (TPSA) is 97.1 Å². The zero-order valence-corrected chi connectivity index (χ0v) is 13.2. The molecular formula is C16H20N4O3. The van der Waals surface area contributed by atoms with Crippen molar-refractivity contribution in [1.82, 2.24) is 20.3 Å². The number of carboxylic acids is 1. The zero-order valence-electron chi connectivity index (χ0n) is 13.2. The van der Waals surface area contributed by atoms with Gasteiger partial charge in [0.15, 0.2) is 5.69 Å². The number of unbranched alkanes of at least 4 members (excludes halogenated alkanes) is 1. The molecule has 1 aromatic carbocycles. The van der Waals surface area contributed by atoms with Crippen LogP contribution in [0.4, 0.5) is 0 Å². The molecule has 2 rings (SSSR count). The number of hydrogen-bond acceptors (Lipinski definition) is 4. The number of carbonyl (C=O) groups excluding carboxylic acids is 1. The third-order valence-electron chi connectivity index (χ3n) is 3.56. The molecule has 0 fully saturated rings.